The number of thioether (sulfide) groups is 1. The van der Waals surface area contributed by atoms with Crippen LogP contribution in [0.5, 0.6) is 0 Å². The van der Waals surface area contributed by atoms with Crippen molar-refractivity contribution in [2.24, 2.45) is 0 Å². The summed E-state index contributed by atoms with van der Waals surface area (Å²) >= 11 is 3.03. The van der Waals surface area contributed by atoms with Crippen molar-refractivity contribution in [3.05, 3.63) is 22.4 Å². The summed E-state index contributed by atoms with van der Waals surface area (Å²) < 4.78 is 1.71. The topological polar surface area (TPSA) is 67.4 Å². The van der Waals surface area contributed by atoms with Crippen LogP contribution < -0.4 is 0 Å². The quantitative estimate of drug-likeness (QED) is 0.775. The van der Waals surface area contributed by atoms with Gasteiger partial charge in [0.05, 0.1) is 17.9 Å². The molecule has 1 atom stereocenters. The summed E-state index contributed by atoms with van der Waals surface area (Å²) in [5.41, 5.74) is 0. The Bertz CT molecular complexity index is 484. The zero-order valence-corrected chi connectivity index (χ0v) is 10.2. The van der Waals surface area contributed by atoms with E-state index in [1.807, 2.05) is 24.4 Å². The molecule has 0 radical (unpaired) electrons. The lowest BCUT2D eigenvalue weighted by Crippen LogP contribution is -2.04. The van der Waals surface area contributed by atoms with Gasteiger partial charge in [-0.15, -0.1) is 16.4 Å². The fraction of sp³-hybridized carbons (Fsp3) is 0.333. The second-order valence-corrected chi connectivity index (χ2v) is 5.43. The minimum absolute atomic E-state index is 0.145. The molecule has 2 aromatic heterocycles. The molecule has 0 fully saturated rings. The standard InChI is InChI=1S/C9H9N5S2/c1-7(5-10)16-9-11-12-13-14(9)6-8-3-2-4-15-8/h2-4,7H,6H2,1H3/t7-/m1/s1. The van der Waals surface area contributed by atoms with Crippen LogP contribution in [0.15, 0.2) is 22.7 Å². The van der Waals surface area contributed by atoms with Crippen LogP contribution in [0.1, 0.15) is 11.8 Å². The van der Waals surface area contributed by atoms with Gasteiger partial charge in [0.15, 0.2) is 0 Å². The highest BCUT2D eigenvalue weighted by atomic mass is 32.2. The summed E-state index contributed by atoms with van der Waals surface area (Å²) in [6, 6.07) is 6.18. The molecule has 0 unspecified atom stereocenters. The maximum absolute atomic E-state index is 8.73. The molecule has 0 aliphatic rings. The minimum Gasteiger partial charge on any atom is -0.215 e. The van der Waals surface area contributed by atoms with E-state index in [0.29, 0.717) is 11.7 Å². The summed E-state index contributed by atoms with van der Waals surface area (Å²) in [6.07, 6.45) is 0. The molecular weight excluding hydrogens is 242 g/mol. The molecular formula is C9H9N5S2. The van der Waals surface area contributed by atoms with Crippen LogP contribution in [0.3, 0.4) is 0 Å². The highest BCUT2D eigenvalue weighted by Gasteiger charge is 2.11. The van der Waals surface area contributed by atoms with E-state index in [-0.39, 0.29) is 5.25 Å². The average Bonchev–Trinajstić information content (AvgIpc) is 2.92. The number of hydrogen-bond acceptors (Lipinski definition) is 6. The maximum atomic E-state index is 8.73. The second kappa shape index (κ2) is 5.09. The van der Waals surface area contributed by atoms with Gasteiger partial charge in [0.2, 0.25) is 5.16 Å². The molecule has 16 heavy (non-hydrogen) atoms. The van der Waals surface area contributed by atoms with E-state index in [1.165, 1.54) is 16.6 Å². The molecule has 0 aromatic carbocycles. The van der Waals surface area contributed by atoms with Crippen molar-refractivity contribution in [3.63, 3.8) is 0 Å². The Kier molecular flexibility index (Phi) is 3.54. The van der Waals surface area contributed by atoms with Crippen LogP contribution in [0.25, 0.3) is 0 Å². The van der Waals surface area contributed by atoms with Crippen molar-refractivity contribution >= 4 is 23.1 Å². The Labute approximate surface area is 101 Å². The van der Waals surface area contributed by atoms with E-state index in [2.05, 4.69) is 21.6 Å². The Hall–Kier alpha value is -1.39. The number of nitrogens with zero attached hydrogens (tertiary/aromatic N) is 5. The van der Waals surface area contributed by atoms with Gasteiger partial charge in [-0.25, -0.2) is 4.68 Å². The SMILES string of the molecule is C[C@H](C#N)Sc1nnnn1Cc1cccs1. The molecule has 82 valence electrons. The molecule has 2 rings (SSSR count). The van der Waals surface area contributed by atoms with Gasteiger partial charge < -0.3 is 0 Å². The fourth-order valence-electron chi connectivity index (χ4n) is 1.11. The van der Waals surface area contributed by atoms with E-state index in [0.717, 1.165) is 0 Å². The highest BCUT2D eigenvalue weighted by molar-refractivity contribution is 8.00. The van der Waals surface area contributed by atoms with Gasteiger partial charge in [-0.1, -0.05) is 17.8 Å². The van der Waals surface area contributed by atoms with E-state index in [9.17, 15) is 0 Å². The third kappa shape index (κ3) is 2.59. The molecule has 0 aliphatic heterocycles. The summed E-state index contributed by atoms with van der Waals surface area (Å²) in [5.74, 6) is 0. The first kappa shape index (κ1) is 11.1. The molecule has 0 spiro atoms. The van der Waals surface area contributed by atoms with E-state index < -0.39 is 0 Å². The Morgan fingerprint density at radius 3 is 3.25 bits per heavy atom. The van der Waals surface area contributed by atoms with Crippen molar-refractivity contribution in [1.82, 2.24) is 20.2 Å². The fourth-order valence-corrected chi connectivity index (χ4v) is 2.48. The van der Waals surface area contributed by atoms with Gasteiger partial charge in [-0.3, -0.25) is 0 Å². The first-order valence-corrected chi connectivity index (χ1v) is 6.40. The number of aromatic nitrogens is 4. The summed E-state index contributed by atoms with van der Waals surface area (Å²) in [7, 11) is 0. The third-order valence-electron chi connectivity index (χ3n) is 1.85. The molecule has 2 aromatic rings. The first-order valence-electron chi connectivity index (χ1n) is 4.64. The average molecular weight is 251 g/mol. The van der Waals surface area contributed by atoms with Crippen LogP contribution in [-0.2, 0) is 6.54 Å². The van der Waals surface area contributed by atoms with Gasteiger partial charge >= 0.3 is 0 Å². The Morgan fingerprint density at radius 2 is 2.56 bits per heavy atom. The van der Waals surface area contributed by atoms with Crippen molar-refractivity contribution in [1.29, 1.82) is 5.26 Å². The zero-order valence-electron chi connectivity index (χ0n) is 8.57. The van der Waals surface area contributed by atoms with E-state index in [1.54, 1.807) is 16.0 Å². The monoisotopic (exact) mass is 251 g/mol. The lowest BCUT2D eigenvalue weighted by Gasteiger charge is -2.02. The zero-order chi connectivity index (χ0) is 11.4. The van der Waals surface area contributed by atoms with E-state index >= 15 is 0 Å². The van der Waals surface area contributed by atoms with Gasteiger partial charge in [0.25, 0.3) is 0 Å². The number of tetrazole rings is 1. The predicted octanol–water partition coefficient (Wildman–Crippen LogP) is 1.79. The van der Waals surface area contributed by atoms with Crippen molar-refractivity contribution < 1.29 is 0 Å². The van der Waals surface area contributed by atoms with Crippen molar-refractivity contribution in [3.8, 4) is 6.07 Å². The normalized spacial score (nSPS) is 12.2. The molecule has 0 saturated carbocycles. The summed E-state index contributed by atoms with van der Waals surface area (Å²) in [4.78, 5) is 1.19. The molecule has 0 bridgehead atoms. The molecule has 0 saturated heterocycles. The largest absolute Gasteiger partial charge is 0.215 e. The number of hydrogen-bond donors (Lipinski definition) is 0. The van der Waals surface area contributed by atoms with Crippen LogP contribution in [0.4, 0.5) is 0 Å². The van der Waals surface area contributed by atoms with E-state index in [4.69, 9.17) is 5.26 Å². The molecule has 0 N–H and O–H groups in total. The lowest BCUT2D eigenvalue weighted by atomic mass is 10.5. The molecule has 5 nitrogen and oxygen atoms in total. The van der Waals surface area contributed by atoms with Gasteiger partial charge in [0, 0.05) is 4.88 Å². The van der Waals surface area contributed by atoms with Crippen LogP contribution in [-0.4, -0.2) is 25.5 Å². The smallest absolute Gasteiger partial charge is 0.210 e. The van der Waals surface area contributed by atoms with Crippen LogP contribution in [0.2, 0.25) is 0 Å². The Morgan fingerprint density at radius 1 is 1.69 bits per heavy atom. The minimum atomic E-state index is -0.145. The Balaban J connectivity index is 2.11. The van der Waals surface area contributed by atoms with Gasteiger partial charge in [-0.2, -0.15) is 5.26 Å². The number of rotatable bonds is 4. The molecule has 0 aliphatic carbocycles. The second-order valence-electron chi connectivity index (χ2n) is 3.09. The predicted molar refractivity (Wildman–Crippen MR) is 62.2 cm³/mol. The number of thiophene rings is 1. The summed E-state index contributed by atoms with van der Waals surface area (Å²) in [5, 5.41) is 22.7. The summed E-state index contributed by atoms with van der Waals surface area (Å²) in [6.45, 7) is 2.49. The van der Waals surface area contributed by atoms with Crippen LogP contribution in [0, 0.1) is 11.3 Å². The molecule has 0 amide bonds. The van der Waals surface area contributed by atoms with Crippen LogP contribution >= 0.6 is 23.1 Å². The molecule has 2 heterocycles. The lowest BCUT2D eigenvalue weighted by molar-refractivity contribution is 0.608. The van der Waals surface area contributed by atoms with Crippen molar-refractivity contribution in [2.45, 2.75) is 23.9 Å². The highest BCUT2D eigenvalue weighted by Crippen LogP contribution is 2.20. The first-order chi connectivity index (χ1) is 7.79. The third-order valence-corrected chi connectivity index (χ3v) is 3.67. The van der Waals surface area contributed by atoms with Gasteiger partial charge in [-0.05, 0) is 28.8 Å². The van der Waals surface area contributed by atoms with Crippen molar-refractivity contribution in [2.75, 3.05) is 0 Å². The molecule has 7 heteroatoms. The maximum Gasteiger partial charge on any atom is 0.210 e. The number of nitriles is 1. The van der Waals surface area contributed by atoms with Gasteiger partial charge in [0.1, 0.15) is 0 Å².